The van der Waals surface area contributed by atoms with E-state index in [1.165, 1.54) is 5.56 Å². The number of carbonyl (C=O) groups excluding carboxylic acids is 1. The molecular weight excluding hydrogens is 278 g/mol. The highest BCUT2D eigenvalue weighted by Crippen LogP contribution is 2.49. The Morgan fingerprint density at radius 3 is 3.05 bits per heavy atom. The predicted molar refractivity (Wildman–Crippen MR) is 84.9 cm³/mol. The van der Waals surface area contributed by atoms with Gasteiger partial charge in [-0.15, -0.1) is 0 Å². The highest BCUT2D eigenvalue weighted by molar-refractivity contribution is 5.83. The molecule has 1 aliphatic carbocycles. The van der Waals surface area contributed by atoms with Gasteiger partial charge in [0.15, 0.2) is 0 Å². The fraction of sp³-hybridized carbons (Fsp3) is 0.611. The molecule has 120 valence electrons. The molecule has 1 saturated carbocycles. The van der Waals surface area contributed by atoms with Crippen LogP contribution in [-0.4, -0.2) is 41.7 Å². The Balaban J connectivity index is 1.64. The summed E-state index contributed by atoms with van der Waals surface area (Å²) in [6, 6.07) is 8.26. The second-order valence-corrected chi connectivity index (χ2v) is 6.64. The van der Waals surface area contributed by atoms with Crippen molar-refractivity contribution in [1.82, 2.24) is 4.90 Å². The molecule has 2 fully saturated rings. The largest absolute Gasteiger partial charge is 0.497 e. The smallest absolute Gasteiger partial charge is 0.226 e. The standard InChI is InChI=1S/C18H25NO3/c1-12(20)9-14-6-4-8-19(14)18(21)17-11-16(17)13-5-3-7-15(10-13)22-2/h3,5,7,10,12,14,16-17,20H,4,6,8-9,11H2,1-2H3. The predicted octanol–water partition coefficient (Wildman–Crippen LogP) is 2.56. The fourth-order valence-electron chi connectivity index (χ4n) is 3.69. The molecule has 0 aromatic heterocycles. The normalized spacial score (nSPS) is 28.5. The number of aliphatic hydroxyl groups excluding tert-OH is 1. The maximum Gasteiger partial charge on any atom is 0.226 e. The molecule has 1 aromatic rings. The minimum absolute atomic E-state index is 0.113. The number of carbonyl (C=O) groups is 1. The van der Waals surface area contributed by atoms with E-state index in [4.69, 9.17) is 4.74 Å². The van der Waals surface area contributed by atoms with Crippen LogP contribution >= 0.6 is 0 Å². The molecule has 3 rings (SSSR count). The van der Waals surface area contributed by atoms with Gasteiger partial charge >= 0.3 is 0 Å². The number of hydrogen-bond donors (Lipinski definition) is 1. The van der Waals surface area contributed by atoms with Crippen molar-refractivity contribution in [1.29, 1.82) is 0 Å². The van der Waals surface area contributed by atoms with E-state index >= 15 is 0 Å². The number of benzene rings is 1. The average Bonchev–Trinajstić information content (AvgIpc) is 3.19. The number of rotatable bonds is 5. The van der Waals surface area contributed by atoms with E-state index in [2.05, 4.69) is 6.07 Å². The summed E-state index contributed by atoms with van der Waals surface area (Å²) in [6.45, 7) is 2.65. The first-order valence-electron chi connectivity index (χ1n) is 8.22. The van der Waals surface area contributed by atoms with Gasteiger partial charge in [0.1, 0.15) is 5.75 Å². The summed E-state index contributed by atoms with van der Waals surface area (Å²) in [4.78, 5) is 14.8. The molecule has 4 heteroatoms. The Hall–Kier alpha value is -1.55. The summed E-state index contributed by atoms with van der Waals surface area (Å²) in [6.07, 6.45) is 3.37. The number of amides is 1. The number of ether oxygens (including phenoxy) is 1. The molecule has 1 saturated heterocycles. The van der Waals surface area contributed by atoms with Crippen LogP contribution in [0.1, 0.15) is 44.1 Å². The van der Waals surface area contributed by atoms with Crippen LogP contribution in [0.2, 0.25) is 0 Å². The molecule has 2 aliphatic rings. The van der Waals surface area contributed by atoms with Gasteiger partial charge in [0.25, 0.3) is 0 Å². The molecule has 0 bridgehead atoms. The number of likely N-dealkylation sites (tertiary alicyclic amines) is 1. The molecule has 22 heavy (non-hydrogen) atoms. The molecule has 1 N–H and O–H groups in total. The Morgan fingerprint density at radius 1 is 1.50 bits per heavy atom. The van der Waals surface area contributed by atoms with Crippen LogP contribution in [0.4, 0.5) is 0 Å². The van der Waals surface area contributed by atoms with E-state index < -0.39 is 0 Å². The van der Waals surface area contributed by atoms with Crippen LogP contribution in [0.15, 0.2) is 24.3 Å². The van der Waals surface area contributed by atoms with Crippen molar-refractivity contribution in [2.24, 2.45) is 5.92 Å². The summed E-state index contributed by atoms with van der Waals surface area (Å²) in [7, 11) is 1.67. The van der Waals surface area contributed by atoms with E-state index in [1.807, 2.05) is 23.1 Å². The zero-order valence-corrected chi connectivity index (χ0v) is 13.4. The Morgan fingerprint density at radius 2 is 2.32 bits per heavy atom. The van der Waals surface area contributed by atoms with Crippen molar-refractivity contribution in [3.63, 3.8) is 0 Å². The summed E-state index contributed by atoms with van der Waals surface area (Å²) in [5.41, 5.74) is 1.20. The minimum atomic E-state index is -0.341. The van der Waals surface area contributed by atoms with Gasteiger partial charge in [-0.2, -0.15) is 0 Å². The summed E-state index contributed by atoms with van der Waals surface area (Å²) in [5, 5.41) is 9.60. The molecule has 4 unspecified atom stereocenters. The maximum atomic E-state index is 12.8. The van der Waals surface area contributed by atoms with Crippen molar-refractivity contribution in [3.8, 4) is 5.75 Å². The summed E-state index contributed by atoms with van der Waals surface area (Å²) >= 11 is 0. The van der Waals surface area contributed by atoms with E-state index in [1.54, 1.807) is 14.0 Å². The molecular formula is C18H25NO3. The molecule has 1 heterocycles. The molecule has 1 aromatic carbocycles. The van der Waals surface area contributed by atoms with Crippen molar-refractivity contribution in [3.05, 3.63) is 29.8 Å². The van der Waals surface area contributed by atoms with E-state index in [0.29, 0.717) is 12.3 Å². The van der Waals surface area contributed by atoms with Crippen LogP contribution in [0.25, 0.3) is 0 Å². The highest BCUT2D eigenvalue weighted by atomic mass is 16.5. The average molecular weight is 303 g/mol. The number of hydrogen-bond acceptors (Lipinski definition) is 3. The van der Waals surface area contributed by atoms with Crippen molar-refractivity contribution < 1.29 is 14.6 Å². The third-order valence-electron chi connectivity index (χ3n) is 4.90. The zero-order chi connectivity index (χ0) is 15.7. The minimum Gasteiger partial charge on any atom is -0.497 e. The maximum absolute atomic E-state index is 12.8. The quantitative estimate of drug-likeness (QED) is 0.909. The first-order valence-corrected chi connectivity index (χ1v) is 8.22. The van der Waals surface area contributed by atoms with E-state index in [-0.39, 0.29) is 24.0 Å². The first-order chi connectivity index (χ1) is 10.6. The number of aliphatic hydroxyl groups is 1. The van der Waals surface area contributed by atoms with Gasteiger partial charge in [-0.25, -0.2) is 0 Å². The highest BCUT2D eigenvalue weighted by Gasteiger charge is 2.47. The Labute approximate surface area is 132 Å². The van der Waals surface area contributed by atoms with Crippen LogP contribution in [0.5, 0.6) is 5.75 Å². The van der Waals surface area contributed by atoms with Gasteiger partial charge in [0.2, 0.25) is 5.91 Å². The molecule has 1 aliphatic heterocycles. The zero-order valence-electron chi connectivity index (χ0n) is 13.4. The van der Waals surface area contributed by atoms with E-state index in [0.717, 1.165) is 31.6 Å². The summed E-state index contributed by atoms with van der Waals surface area (Å²) in [5.74, 6) is 1.57. The molecule has 0 radical (unpaired) electrons. The van der Waals surface area contributed by atoms with Gasteiger partial charge in [-0.3, -0.25) is 4.79 Å². The lowest BCUT2D eigenvalue weighted by atomic mass is 10.1. The van der Waals surface area contributed by atoms with Crippen LogP contribution in [0.3, 0.4) is 0 Å². The topological polar surface area (TPSA) is 49.8 Å². The molecule has 4 nitrogen and oxygen atoms in total. The van der Waals surface area contributed by atoms with Crippen molar-refractivity contribution >= 4 is 5.91 Å². The lowest BCUT2D eigenvalue weighted by molar-refractivity contribution is -0.133. The van der Waals surface area contributed by atoms with Gasteiger partial charge < -0.3 is 14.7 Å². The summed E-state index contributed by atoms with van der Waals surface area (Å²) < 4.78 is 5.27. The number of methoxy groups -OCH3 is 1. The lowest BCUT2D eigenvalue weighted by Crippen LogP contribution is -2.38. The molecule has 1 amide bonds. The fourth-order valence-corrected chi connectivity index (χ4v) is 3.69. The van der Waals surface area contributed by atoms with Crippen LogP contribution in [-0.2, 0) is 4.79 Å². The third kappa shape index (κ3) is 3.12. The van der Waals surface area contributed by atoms with Crippen molar-refractivity contribution in [2.45, 2.75) is 50.7 Å². The Kier molecular flexibility index (Phi) is 4.39. The second kappa shape index (κ2) is 6.29. The van der Waals surface area contributed by atoms with Crippen molar-refractivity contribution in [2.75, 3.05) is 13.7 Å². The van der Waals surface area contributed by atoms with Gasteiger partial charge in [0.05, 0.1) is 13.2 Å². The Bertz CT molecular complexity index is 543. The first kappa shape index (κ1) is 15.3. The number of nitrogens with zero attached hydrogens (tertiary/aromatic N) is 1. The third-order valence-corrected chi connectivity index (χ3v) is 4.90. The van der Waals surface area contributed by atoms with Gasteiger partial charge in [0, 0.05) is 18.5 Å². The lowest BCUT2D eigenvalue weighted by Gasteiger charge is -2.26. The van der Waals surface area contributed by atoms with Gasteiger partial charge in [-0.1, -0.05) is 12.1 Å². The van der Waals surface area contributed by atoms with Crippen LogP contribution in [0, 0.1) is 5.92 Å². The SMILES string of the molecule is COc1cccc(C2CC2C(=O)N2CCCC2CC(C)O)c1. The van der Waals surface area contributed by atoms with E-state index in [9.17, 15) is 9.90 Å². The second-order valence-electron chi connectivity index (χ2n) is 6.64. The van der Waals surface area contributed by atoms with Crippen LogP contribution < -0.4 is 4.74 Å². The molecule has 4 atom stereocenters. The van der Waals surface area contributed by atoms with Gasteiger partial charge in [-0.05, 0) is 56.2 Å². The monoisotopic (exact) mass is 303 g/mol. The molecule has 0 spiro atoms.